The van der Waals surface area contributed by atoms with Gasteiger partial charge in [-0.1, -0.05) is 23.2 Å². The quantitative estimate of drug-likeness (QED) is 0.835. The molecule has 1 aromatic heterocycles. The molecule has 104 valence electrons. The predicted molar refractivity (Wildman–Crippen MR) is 78.1 cm³/mol. The highest BCUT2D eigenvalue weighted by molar-refractivity contribution is 6.35. The van der Waals surface area contributed by atoms with Gasteiger partial charge >= 0.3 is 0 Å². The Morgan fingerprint density at radius 2 is 1.90 bits per heavy atom. The fraction of sp³-hybridized carbons (Fsp3) is 0.143. The molecule has 1 N–H and O–H groups in total. The lowest BCUT2D eigenvalue weighted by Gasteiger charge is -2.10. The molecule has 1 aromatic carbocycles. The summed E-state index contributed by atoms with van der Waals surface area (Å²) in [4.78, 5) is 16.0. The average Bonchev–Trinajstić information content (AvgIpc) is 2.32. The van der Waals surface area contributed by atoms with E-state index in [-0.39, 0.29) is 15.9 Å². The maximum Gasteiger partial charge on any atom is 0.255 e. The molecule has 6 heteroatoms. The van der Waals surface area contributed by atoms with Gasteiger partial charge in [0.1, 0.15) is 11.0 Å². The van der Waals surface area contributed by atoms with Crippen LogP contribution in [0.15, 0.2) is 24.3 Å². The zero-order valence-corrected chi connectivity index (χ0v) is 12.3. The van der Waals surface area contributed by atoms with Gasteiger partial charge < -0.3 is 5.32 Å². The van der Waals surface area contributed by atoms with Gasteiger partial charge in [0.15, 0.2) is 5.15 Å². The molecule has 0 aliphatic heterocycles. The molecule has 0 aliphatic rings. The van der Waals surface area contributed by atoms with Crippen LogP contribution >= 0.6 is 23.2 Å². The fourth-order valence-corrected chi connectivity index (χ4v) is 2.38. The maximum absolute atomic E-state index is 13.3. The summed E-state index contributed by atoms with van der Waals surface area (Å²) in [5.41, 5.74) is 1.92. The Hall–Kier alpha value is -1.65. The minimum absolute atomic E-state index is 0.0940. The number of hydrogen-bond acceptors (Lipinski definition) is 2. The predicted octanol–water partition coefficient (Wildman–Crippen LogP) is 4.40. The van der Waals surface area contributed by atoms with E-state index in [0.717, 1.165) is 6.07 Å². The van der Waals surface area contributed by atoms with Crippen LogP contribution in [0.3, 0.4) is 0 Å². The van der Waals surface area contributed by atoms with Gasteiger partial charge in [0, 0.05) is 5.56 Å². The minimum atomic E-state index is -0.466. The van der Waals surface area contributed by atoms with Crippen molar-refractivity contribution in [1.29, 1.82) is 0 Å². The number of amides is 1. The first-order chi connectivity index (χ1) is 9.36. The van der Waals surface area contributed by atoms with Crippen molar-refractivity contribution in [2.75, 3.05) is 5.32 Å². The number of hydrogen-bond donors (Lipinski definition) is 1. The summed E-state index contributed by atoms with van der Waals surface area (Å²) >= 11 is 11.7. The number of pyridine rings is 1. The zero-order chi connectivity index (χ0) is 14.9. The topological polar surface area (TPSA) is 42.0 Å². The van der Waals surface area contributed by atoms with Crippen molar-refractivity contribution in [3.63, 3.8) is 0 Å². The SMILES string of the molecule is Cc1cc(F)cc(C(=O)Nc2c(C)cc(Cl)nc2Cl)c1. The Balaban J connectivity index is 2.32. The number of benzene rings is 1. The second kappa shape index (κ2) is 5.77. The summed E-state index contributed by atoms with van der Waals surface area (Å²) < 4.78 is 13.3. The monoisotopic (exact) mass is 312 g/mol. The number of nitrogens with zero attached hydrogens (tertiary/aromatic N) is 1. The molecule has 2 aromatic rings. The summed E-state index contributed by atoms with van der Waals surface area (Å²) in [5, 5.41) is 2.95. The summed E-state index contributed by atoms with van der Waals surface area (Å²) in [6.07, 6.45) is 0. The van der Waals surface area contributed by atoms with Gasteiger partial charge in [-0.25, -0.2) is 9.37 Å². The number of aryl methyl sites for hydroxylation is 2. The van der Waals surface area contributed by atoms with Crippen LogP contribution in [-0.4, -0.2) is 10.9 Å². The van der Waals surface area contributed by atoms with Gasteiger partial charge in [-0.05, 0) is 49.2 Å². The number of carbonyl (C=O) groups excluding carboxylic acids is 1. The van der Waals surface area contributed by atoms with E-state index in [1.54, 1.807) is 26.0 Å². The van der Waals surface area contributed by atoms with Crippen LogP contribution in [0, 0.1) is 19.7 Å². The summed E-state index contributed by atoms with van der Waals surface area (Å²) in [7, 11) is 0. The zero-order valence-electron chi connectivity index (χ0n) is 10.8. The van der Waals surface area contributed by atoms with Gasteiger partial charge in [-0.2, -0.15) is 0 Å². The van der Waals surface area contributed by atoms with Crippen molar-refractivity contribution in [2.24, 2.45) is 0 Å². The van der Waals surface area contributed by atoms with Crippen LogP contribution in [-0.2, 0) is 0 Å². The van der Waals surface area contributed by atoms with E-state index < -0.39 is 11.7 Å². The molecule has 20 heavy (non-hydrogen) atoms. The van der Waals surface area contributed by atoms with E-state index in [1.165, 1.54) is 6.07 Å². The first-order valence-electron chi connectivity index (χ1n) is 5.78. The highest BCUT2D eigenvalue weighted by Crippen LogP contribution is 2.27. The van der Waals surface area contributed by atoms with Crippen LogP contribution in [0.4, 0.5) is 10.1 Å². The van der Waals surface area contributed by atoms with Gasteiger partial charge in [-0.15, -0.1) is 0 Å². The van der Waals surface area contributed by atoms with Crippen molar-refractivity contribution in [3.05, 3.63) is 57.1 Å². The van der Waals surface area contributed by atoms with Gasteiger partial charge in [0.2, 0.25) is 0 Å². The second-order valence-corrected chi connectivity index (χ2v) is 5.14. The van der Waals surface area contributed by atoms with Crippen LogP contribution < -0.4 is 5.32 Å². The molecule has 0 bridgehead atoms. The van der Waals surface area contributed by atoms with E-state index >= 15 is 0 Å². The van der Waals surface area contributed by atoms with Gasteiger partial charge in [0.25, 0.3) is 5.91 Å². The molecule has 0 saturated heterocycles. The lowest BCUT2D eigenvalue weighted by Crippen LogP contribution is -2.14. The van der Waals surface area contributed by atoms with E-state index in [0.29, 0.717) is 16.8 Å². The third-order valence-electron chi connectivity index (χ3n) is 2.68. The number of rotatable bonds is 2. The molecule has 0 fully saturated rings. The van der Waals surface area contributed by atoms with Crippen molar-refractivity contribution in [3.8, 4) is 0 Å². The summed E-state index contributed by atoms with van der Waals surface area (Å²) in [6.45, 7) is 3.45. The number of halogens is 3. The highest BCUT2D eigenvalue weighted by atomic mass is 35.5. The first kappa shape index (κ1) is 14.8. The van der Waals surface area contributed by atoms with Crippen LogP contribution in [0.25, 0.3) is 0 Å². The lowest BCUT2D eigenvalue weighted by molar-refractivity contribution is 0.102. The number of aromatic nitrogens is 1. The molecule has 0 aliphatic carbocycles. The third-order valence-corrected chi connectivity index (χ3v) is 3.15. The molecule has 1 amide bonds. The van der Waals surface area contributed by atoms with Gasteiger partial charge in [-0.3, -0.25) is 4.79 Å². The molecule has 0 atom stereocenters. The number of anilines is 1. The number of nitrogens with one attached hydrogen (secondary N) is 1. The normalized spacial score (nSPS) is 10.4. The van der Waals surface area contributed by atoms with E-state index in [9.17, 15) is 9.18 Å². The summed E-state index contributed by atoms with van der Waals surface area (Å²) in [5.74, 6) is -0.922. The van der Waals surface area contributed by atoms with E-state index in [2.05, 4.69) is 10.3 Å². The molecule has 2 rings (SSSR count). The van der Waals surface area contributed by atoms with E-state index in [1.807, 2.05) is 0 Å². The molecule has 3 nitrogen and oxygen atoms in total. The Bertz CT molecular complexity index is 646. The highest BCUT2D eigenvalue weighted by Gasteiger charge is 2.13. The molecule has 0 spiro atoms. The third kappa shape index (κ3) is 3.26. The standard InChI is InChI=1S/C14H11Cl2FN2O/c1-7-3-9(6-10(17)4-7)14(20)19-12-8(2)5-11(15)18-13(12)16/h3-6H,1-2H3,(H,19,20). The largest absolute Gasteiger partial charge is 0.319 e. The molecular weight excluding hydrogens is 302 g/mol. The molecule has 0 radical (unpaired) electrons. The van der Waals surface area contributed by atoms with Gasteiger partial charge in [0.05, 0.1) is 5.69 Å². The Morgan fingerprint density at radius 3 is 2.50 bits per heavy atom. The summed E-state index contributed by atoms with van der Waals surface area (Å²) in [6, 6.07) is 5.68. The van der Waals surface area contributed by atoms with Crippen LogP contribution in [0.2, 0.25) is 10.3 Å². The Kier molecular flexibility index (Phi) is 4.26. The Labute approximate surface area is 125 Å². The van der Waals surface area contributed by atoms with Crippen molar-refractivity contribution >= 4 is 34.8 Å². The van der Waals surface area contributed by atoms with Crippen molar-refractivity contribution in [2.45, 2.75) is 13.8 Å². The minimum Gasteiger partial charge on any atom is -0.319 e. The molecule has 0 saturated carbocycles. The van der Waals surface area contributed by atoms with Crippen molar-refractivity contribution < 1.29 is 9.18 Å². The lowest BCUT2D eigenvalue weighted by atomic mass is 10.1. The molecule has 0 unspecified atom stereocenters. The van der Waals surface area contributed by atoms with Crippen LogP contribution in [0.1, 0.15) is 21.5 Å². The smallest absolute Gasteiger partial charge is 0.255 e. The average molecular weight is 313 g/mol. The van der Waals surface area contributed by atoms with Crippen molar-refractivity contribution in [1.82, 2.24) is 4.98 Å². The maximum atomic E-state index is 13.3. The van der Waals surface area contributed by atoms with E-state index in [4.69, 9.17) is 23.2 Å². The second-order valence-electron chi connectivity index (χ2n) is 4.40. The number of carbonyl (C=O) groups is 1. The van der Waals surface area contributed by atoms with Crippen LogP contribution in [0.5, 0.6) is 0 Å². The molecular formula is C14H11Cl2FN2O. The Morgan fingerprint density at radius 1 is 1.20 bits per heavy atom. The first-order valence-corrected chi connectivity index (χ1v) is 6.53. The fourth-order valence-electron chi connectivity index (χ4n) is 1.80. The molecule has 1 heterocycles.